The molecular formula is C10H12N2O2. The Kier molecular flexibility index (Phi) is 2.74. The summed E-state index contributed by atoms with van der Waals surface area (Å²) in [5.74, 6) is -0.285. The number of hydrogen-bond acceptors (Lipinski definition) is 4. The molecule has 0 radical (unpaired) electrons. The van der Waals surface area contributed by atoms with Gasteiger partial charge in [0.15, 0.2) is 0 Å². The molecule has 2 heterocycles. The van der Waals surface area contributed by atoms with Gasteiger partial charge in [0.2, 0.25) is 0 Å². The molecule has 1 saturated heterocycles. The van der Waals surface area contributed by atoms with Crippen LogP contribution in [-0.4, -0.2) is 30.1 Å². The molecule has 1 atom stereocenters. The van der Waals surface area contributed by atoms with Crippen LogP contribution < -0.4 is 5.32 Å². The summed E-state index contributed by atoms with van der Waals surface area (Å²) in [5, 5.41) is 3.14. The number of esters is 1. The van der Waals surface area contributed by atoms with E-state index in [9.17, 15) is 4.79 Å². The molecule has 0 bridgehead atoms. The Balaban J connectivity index is 1.95. The van der Waals surface area contributed by atoms with E-state index in [1.165, 1.54) is 6.20 Å². The van der Waals surface area contributed by atoms with E-state index in [0.717, 1.165) is 19.5 Å². The lowest BCUT2D eigenvalue weighted by atomic mass is 10.3. The quantitative estimate of drug-likeness (QED) is 0.697. The van der Waals surface area contributed by atoms with Crippen LogP contribution in [-0.2, 0) is 4.74 Å². The van der Waals surface area contributed by atoms with Crippen LogP contribution in [0.25, 0.3) is 0 Å². The summed E-state index contributed by atoms with van der Waals surface area (Å²) in [5.41, 5.74) is 0.513. The zero-order chi connectivity index (χ0) is 9.80. The van der Waals surface area contributed by atoms with E-state index in [-0.39, 0.29) is 12.1 Å². The van der Waals surface area contributed by atoms with Gasteiger partial charge in [-0.15, -0.1) is 0 Å². The van der Waals surface area contributed by atoms with Crippen molar-refractivity contribution < 1.29 is 9.53 Å². The number of pyridine rings is 1. The molecule has 1 aliphatic heterocycles. The standard InChI is InChI=1S/C10H12N2O2/c13-10(8-2-1-4-11-6-8)14-9-3-5-12-7-9/h1-2,4,6,9,12H,3,5,7H2/t9-/m1/s1. The lowest BCUT2D eigenvalue weighted by molar-refractivity contribution is 0.0344. The van der Waals surface area contributed by atoms with Crippen LogP contribution in [0.15, 0.2) is 24.5 Å². The van der Waals surface area contributed by atoms with E-state index in [2.05, 4.69) is 10.3 Å². The molecule has 1 aromatic heterocycles. The van der Waals surface area contributed by atoms with Gasteiger partial charge in [-0.3, -0.25) is 4.98 Å². The molecule has 4 nitrogen and oxygen atoms in total. The highest BCUT2D eigenvalue weighted by Gasteiger charge is 2.19. The average Bonchev–Trinajstić information content (AvgIpc) is 2.72. The van der Waals surface area contributed by atoms with E-state index in [0.29, 0.717) is 5.56 Å². The predicted octanol–water partition coefficient (Wildman–Crippen LogP) is 0.600. The fourth-order valence-electron chi connectivity index (χ4n) is 1.43. The lowest BCUT2D eigenvalue weighted by Gasteiger charge is -2.09. The summed E-state index contributed by atoms with van der Waals surface area (Å²) in [6.45, 7) is 1.68. The molecule has 2 rings (SSSR count). The normalized spacial score (nSPS) is 20.7. The number of nitrogens with one attached hydrogen (secondary N) is 1. The lowest BCUT2D eigenvalue weighted by Crippen LogP contribution is -2.20. The van der Waals surface area contributed by atoms with Crippen molar-refractivity contribution in [2.75, 3.05) is 13.1 Å². The zero-order valence-corrected chi connectivity index (χ0v) is 7.77. The number of ether oxygens (including phenoxy) is 1. The minimum Gasteiger partial charge on any atom is -0.457 e. The van der Waals surface area contributed by atoms with Crippen LogP contribution in [0.4, 0.5) is 0 Å². The van der Waals surface area contributed by atoms with Crippen LogP contribution in [0.5, 0.6) is 0 Å². The molecule has 0 aliphatic carbocycles. The third kappa shape index (κ3) is 2.09. The van der Waals surface area contributed by atoms with Crippen molar-refractivity contribution >= 4 is 5.97 Å². The Morgan fingerprint density at radius 1 is 1.64 bits per heavy atom. The monoisotopic (exact) mass is 192 g/mol. The third-order valence-electron chi connectivity index (χ3n) is 2.19. The van der Waals surface area contributed by atoms with Crippen LogP contribution in [0.1, 0.15) is 16.8 Å². The number of rotatable bonds is 2. The van der Waals surface area contributed by atoms with Gasteiger partial charge in [-0.2, -0.15) is 0 Å². The molecule has 0 unspecified atom stereocenters. The van der Waals surface area contributed by atoms with Gasteiger partial charge in [0.1, 0.15) is 6.10 Å². The Hall–Kier alpha value is -1.42. The van der Waals surface area contributed by atoms with Crippen LogP contribution >= 0.6 is 0 Å². The second-order valence-electron chi connectivity index (χ2n) is 3.26. The van der Waals surface area contributed by atoms with Gasteiger partial charge in [0, 0.05) is 18.9 Å². The molecule has 0 aromatic carbocycles. The minimum atomic E-state index is -0.285. The van der Waals surface area contributed by atoms with E-state index >= 15 is 0 Å². The highest BCUT2D eigenvalue weighted by Crippen LogP contribution is 2.07. The summed E-state index contributed by atoms with van der Waals surface area (Å²) in [6.07, 6.45) is 4.06. The van der Waals surface area contributed by atoms with Gasteiger partial charge < -0.3 is 10.1 Å². The van der Waals surface area contributed by atoms with Crippen molar-refractivity contribution in [2.24, 2.45) is 0 Å². The van der Waals surface area contributed by atoms with Crippen molar-refractivity contribution in [3.05, 3.63) is 30.1 Å². The first-order valence-corrected chi connectivity index (χ1v) is 4.68. The molecule has 0 spiro atoms. The number of nitrogens with zero attached hydrogens (tertiary/aromatic N) is 1. The summed E-state index contributed by atoms with van der Waals surface area (Å²) < 4.78 is 5.26. The van der Waals surface area contributed by atoms with Gasteiger partial charge in [-0.05, 0) is 25.1 Å². The largest absolute Gasteiger partial charge is 0.457 e. The number of carbonyl (C=O) groups excluding carboxylic acids is 1. The van der Waals surface area contributed by atoms with Gasteiger partial charge in [0.25, 0.3) is 0 Å². The second kappa shape index (κ2) is 4.19. The number of carbonyl (C=O) groups is 1. The number of hydrogen-bond donors (Lipinski definition) is 1. The van der Waals surface area contributed by atoms with Gasteiger partial charge in [0.05, 0.1) is 5.56 Å². The summed E-state index contributed by atoms with van der Waals surface area (Å²) >= 11 is 0. The topological polar surface area (TPSA) is 51.2 Å². The zero-order valence-electron chi connectivity index (χ0n) is 7.77. The fourth-order valence-corrected chi connectivity index (χ4v) is 1.43. The average molecular weight is 192 g/mol. The van der Waals surface area contributed by atoms with Crippen molar-refractivity contribution in [2.45, 2.75) is 12.5 Å². The first-order chi connectivity index (χ1) is 6.86. The summed E-state index contributed by atoms with van der Waals surface area (Å²) in [4.78, 5) is 15.4. The highest BCUT2D eigenvalue weighted by molar-refractivity contribution is 5.89. The molecule has 1 N–H and O–H groups in total. The summed E-state index contributed by atoms with van der Waals surface area (Å²) in [6, 6.07) is 3.43. The van der Waals surface area contributed by atoms with E-state index in [1.54, 1.807) is 18.3 Å². The van der Waals surface area contributed by atoms with Crippen molar-refractivity contribution in [3.63, 3.8) is 0 Å². The number of aromatic nitrogens is 1. The molecule has 1 fully saturated rings. The van der Waals surface area contributed by atoms with Crippen molar-refractivity contribution in [3.8, 4) is 0 Å². The van der Waals surface area contributed by atoms with Crippen LogP contribution in [0, 0.1) is 0 Å². The smallest absolute Gasteiger partial charge is 0.340 e. The molecule has 4 heteroatoms. The second-order valence-corrected chi connectivity index (χ2v) is 3.26. The molecule has 1 aliphatic rings. The first-order valence-electron chi connectivity index (χ1n) is 4.68. The van der Waals surface area contributed by atoms with E-state index < -0.39 is 0 Å². The SMILES string of the molecule is O=C(O[C@@H]1CCNC1)c1cccnc1. The molecule has 0 amide bonds. The Labute approximate surface area is 82.3 Å². The molecular weight excluding hydrogens is 180 g/mol. The van der Waals surface area contributed by atoms with Gasteiger partial charge in [-0.1, -0.05) is 0 Å². The molecule has 1 aromatic rings. The van der Waals surface area contributed by atoms with Crippen molar-refractivity contribution in [1.29, 1.82) is 0 Å². The van der Waals surface area contributed by atoms with Gasteiger partial charge >= 0.3 is 5.97 Å². The van der Waals surface area contributed by atoms with E-state index in [1.807, 2.05) is 0 Å². The Bertz CT molecular complexity index is 307. The minimum absolute atomic E-state index is 0.0164. The van der Waals surface area contributed by atoms with E-state index in [4.69, 9.17) is 4.74 Å². The maximum atomic E-state index is 11.5. The maximum absolute atomic E-state index is 11.5. The van der Waals surface area contributed by atoms with Crippen LogP contribution in [0.3, 0.4) is 0 Å². The molecule has 14 heavy (non-hydrogen) atoms. The maximum Gasteiger partial charge on any atom is 0.340 e. The highest BCUT2D eigenvalue weighted by atomic mass is 16.5. The van der Waals surface area contributed by atoms with Gasteiger partial charge in [-0.25, -0.2) is 4.79 Å². The fraction of sp³-hybridized carbons (Fsp3) is 0.400. The Morgan fingerprint density at radius 3 is 3.21 bits per heavy atom. The summed E-state index contributed by atoms with van der Waals surface area (Å²) in [7, 11) is 0. The van der Waals surface area contributed by atoms with Crippen LogP contribution in [0.2, 0.25) is 0 Å². The first kappa shape index (κ1) is 9.15. The third-order valence-corrected chi connectivity index (χ3v) is 2.19. The molecule has 0 saturated carbocycles. The Morgan fingerprint density at radius 2 is 2.57 bits per heavy atom. The molecule has 74 valence electrons. The predicted molar refractivity (Wildman–Crippen MR) is 50.9 cm³/mol. The van der Waals surface area contributed by atoms with Crippen molar-refractivity contribution in [1.82, 2.24) is 10.3 Å².